The summed E-state index contributed by atoms with van der Waals surface area (Å²) in [6.45, 7) is 5.94. The van der Waals surface area contributed by atoms with E-state index in [2.05, 4.69) is 33.1 Å². The summed E-state index contributed by atoms with van der Waals surface area (Å²) < 4.78 is 5.82. The second-order valence-corrected chi connectivity index (χ2v) is 6.15. The number of hydrogen-bond acceptors (Lipinski definition) is 5. The van der Waals surface area contributed by atoms with Crippen LogP contribution in [0.15, 0.2) is 48.2 Å². The SMILES string of the molecule is Cc1ncc(CN2CC=C(COCc3ccccc3)CC2)c(N)n1.Cl.Cl. The van der Waals surface area contributed by atoms with Crippen molar-refractivity contribution in [2.45, 2.75) is 26.5 Å². The molecule has 1 aromatic heterocycles. The predicted octanol–water partition coefficient (Wildman–Crippen LogP) is 3.56. The third-order valence-electron chi connectivity index (χ3n) is 4.20. The number of ether oxygens (including phenoxy) is 1. The van der Waals surface area contributed by atoms with Crippen LogP contribution in [0.1, 0.15) is 23.4 Å². The Labute approximate surface area is 167 Å². The van der Waals surface area contributed by atoms with Gasteiger partial charge in [-0.1, -0.05) is 36.4 Å². The highest BCUT2D eigenvalue weighted by Gasteiger charge is 2.14. The van der Waals surface area contributed by atoms with Crippen molar-refractivity contribution in [1.82, 2.24) is 14.9 Å². The Hall–Kier alpha value is -1.66. The molecule has 26 heavy (non-hydrogen) atoms. The summed E-state index contributed by atoms with van der Waals surface area (Å²) in [6, 6.07) is 10.3. The average molecular weight is 397 g/mol. The van der Waals surface area contributed by atoms with Crippen molar-refractivity contribution in [2.24, 2.45) is 0 Å². The van der Waals surface area contributed by atoms with Gasteiger partial charge in [-0.15, -0.1) is 24.8 Å². The van der Waals surface area contributed by atoms with Gasteiger partial charge < -0.3 is 10.5 Å². The van der Waals surface area contributed by atoms with Crippen molar-refractivity contribution in [3.63, 3.8) is 0 Å². The van der Waals surface area contributed by atoms with Crippen molar-refractivity contribution in [2.75, 3.05) is 25.4 Å². The summed E-state index contributed by atoms with van der Waals surface area (Å²) >= 11 is 0. The summed E-state index contributed by atoms with van der Waals surface area (Å²) in [7, 11) is 0. The van der Waals surface area contributed by atoms with Gasteiger partial charge in [0.2, 0.25) is 0 Å². The van der Waals surface area contributed by atoms with Gasteiger partial charge in [-0.2, -0.15) is 0 Å². The number of rotatable bonds is 6. The molecule has 0 aliphatic carbocycles. The second-order valence-electron chi connectivity index (χ2n) is 6.15. The maximum absolute atomic E-state index is 5.97. The van der Waals surface area contributed by atoms with Gasteiger partial charge in [-0.3, -0.25) is 4.90 Å². The minimum atomic E-state index is 0. The molecule has 0 atom stereocenters. The number of anilines is 1. The van der Waals surface area contributed by atoms with Crippen LogP contribution in [0, 0.1) is 6.92 Å². The lowest BCUT2D eigenvalue weighted by Crippen LogP contribution is -2.29. The zero-order chi connectivity index (χ0) is 16.8. The highest BCUT2D eigenvalue weighted by molar-refractivity contribution is 5.85. The van der Waals surface area contributed by atoms with Crippen LogP contribution in [0.5, 0.6) is 0 Å². The van der Waals surface area contributed by atoms with Crippen LogP contribution >= 0.6 is 24.8 Å². The van der Waals surface area contributed by atoms with E-state index in [1.807, 2.05) is 31.3 Å². The fraction of sp³-hybridized carbons (Fsp3) is 0.368. The number of aryl methyl sites for hydroxylation is 1. The van der Waals surface area contributed by atoms with E-state index >= 15 is 0 Å². The lowest BCUT2D eigenvalue weighted by atomic mass is 10.1. The molecule has 0 bridgehead atoms. The number of nitrogens with zero attached hydrogens (tertiary/aromatic N) is 3. The van der Waals surface area contributed by atoms with Crippen molar-refractivity contribution in [1.29, 1.82) is 0 Å². The van der Waals surface area contributed by atoms with E-state index in [9.17, 15) is 0 Å². The molecule has 0 saturated heterocycles. The molecule has 2 aromatic rings. The van der Waals surface area contributed by atoms with Crippen LogP contribution in [-0.2, 0) is 17.9 Å². The number of nitrogen functional groups attached to an aromatic ring is 1. The smallest absolute Gasteiger partial charge is 0.131 e. The molecule has 142 valence electrons. The quantitative estimate of drug-likeness (QED) is 0.756. The molecule has 1 aromatic carbocycles. The van der Waals surface area contributed by atoms with Crippen LogP contribution in [-0.4, -0.2) is 34.6 Å². The van der Waals surface area contributed by atoms with Crippen LogP contribution in [0.25, 0.3) is 0 Å². The molecule has 0 unspecified atom stereocenters. The summed E-state index contributed by atoms with van der Waals surface area (Å²) in [5.41, 5.74) is 9.56. The van der Waals surface area contributed by atoms with E-state index < -0.39 is 0 Å². The molecule has 3 rings (SSSR count). The van der Waals surface area contributed by atoms with Crippen LogP contribution in [0.4, 0.5) is 5.82 Å². The lowest BCUT2D eigenvalue weighted by molar-refractivity contribution is 0.136. The Bertz CT molecular complexity index is 710. The van der Waals surface area contributed by atoms with E-state index in [-0.39, 0.29) is 24.8 Å². The first-order valence-electron chi connectivity index (χ1n) is 8.30. The van der Waals surface area contributed by atoms with Crippen LogP contribution < -0.4 is 5.73 Å². The lowest BCUT2D eigenvalue weighted by Gasteiger charge is -2.26. The van der Waals surface area contributed by atoms with E-state index in [0.29, 0.717) is 24.9 Å². The fourth-order valence-corrected chi connectivity index (χ4v) is 2.78. The Morgan fingerprint density at radius 2 is 1.92 bits per heavy atom. The summed E-state index contributed by atoms with van der Waals surface area (Å²) in [6.07, 6.45) is 5.13. The maximum atomic E-state index is 5.97. The Balaban J connectivity index is 0.00000169. The Morgan fingerprint density at radius 3 is 2.58 bits per heavy atom. The largest absolute Gasteiger partial charge is 0.383 e. The number of benzene rings is 1. The molecule has 2 heterocycles. The molecule has 0 amide bonds. The molecule has 5 nitrogen and oxygen atoms in total. The summed E-state index contributed by atoms with van der Waals surface area (Å²) in [5.74, 6) is 1.30. The van der Waals surface area contributed by atoms with Gasteiger partial charge in [-0.25, -0.2) is 9.97 Å². The summed E-state index contributed by atoms with van der Waals surface area (Å²) in [5, 5.41) is 0. The zero-order valence-corrected chi connectivity index (χ0v) is 16.6. The van der Waals surface area contributed by atoms with Crippen LogP contribution in [0.2, 0.25) is 0 Å². The molecule has 7 heteroatoms. The number of halogens is 2. The third kappa shape index (κ3) is 6.57. The van der Waals surface area contributed by atoms with E-state index in [4.69, 9.17) is 10.5 Å². The van der Waals surface area contributed by atoms with Gasteiger partial charge in [0.15, 0.2) is 0 Å². The third-order valence-corrected chi connectivity index (χ3v) is 4.20. The van der Waals surface area contributed by atoms with Crippen molar-refractivity contribution >= 4 is 30.6 Å². The molecule has 2 N–H and O–H groups in total. The van der Waals surface area contributed by atoms with Gasteiger partial charge in [0, 0.05) is 31.4 Å². The molecular weight excluding hydrogens is 371 g/mol. The molecular formula is C19H26Cl2N4O. The van der Waals surface area contributed by atoms with E-state index in [1.165, 1.54) is 11.1 Å². The molecule has 0 fully saturated rings. The highest BCUT2D eigenvalue weighted by Crippen LogP contribution is 2.16. The minimum Gasteiger partial charge on any atom is -0.383 e. The van der Waals surface area contributed by atoms with Gasteiger partial charge in [0.05, 0.1) is 13.2 Å². The van der Waals surface area contributed by atoms with Gasteiger partial charge in [-0.05, 0) is 24.5 Å². The zero-order valence-electron chi connectivity index (χ0n) is 14.9. The number of nitrogens with two attached hydrogens (primary N) is 1. The molecule has 0 spiro atoms. The first kappa shape index (κ1) is 22.4. The monoisotopic (exact) mass is 396 g/mol. The molecule has 0 saturated carbocycles. The minimum absolute atomic E-state index is 0. The van der Waals surface area contributed by atoms with E-state index in [0.717, 1.165) is 31.6 Å². The normalized spacial score (nSPS) is 14.1. The maximum Gasteiger partial charge on any atom is 0.131 e. The van der Waals surface area contributed by atoms with Crippen molar-refractivity contribution < 1.29 is 4.74 Å². The van der Waals surface area contributed by atoms with Gasteiger partial charge in [0.25, 0.3) is 0 Å². The van der Waals surface area contributed by atoms with Crippen molar-refractivity contribution in [3.8, 4) is 0 Å². The summed E-state index contributed by atoms with van der Waals surface area (Å²) in [4.78, 5) is 10.8. The topological polar surface area (TPSA) is 64.3 Å². The van der Waals surface area contributed by atoms with Crippen LogP contribution in [0.3, 0.4) is 0 Å². The predicted molar refractivity (Wildman–Crippen MR) is 110 cm³/mol. The Kier molecular flexibility index (Phi) is 9.59. The highest BCUT2D eigenvalue weighted by atomic mass is 35.5. The van der Waals surface area contributed by atoms with Crippen molar-refractivity contribution in [3.05, 3.63) is 65.1 Å². The first-order valence-corrected chi connectivity index (χ1v) is 8.30. The molecule has 1 aliphatic heterocycles. The number of hydrogen-bond donors (Lipinski definition) is 1. The van der Waals surface area contributed by atoms with E-state index in [1.54, 1.807) is 0 Å². The number of aromatic nitrogens is 2. The molecule has 1 aliphatic rings. The van der Waals surface area contributed by atoms with Gasteiger partial charge in [0.1, 0.15) is 11.6 Å². The average Bonchev–Trinajstić information content (AvgIpc) is 2.60. The standard InChI is InChI=1S/C19H24N4O.2ClH/c1-15-21-11-18(19(20)22-15)12-23-9-7-17(8-10-23)14-24-13-16-5-3-2-4-6-16;;/h2-7,11H,8-10,12-14H2,1H3,(H2,20,21,22);2*1H. The fourth-order valence-electron chi connectivity index (χ4n) is 2.78. The second kappa shape index (κ2) is 11.1. The first-order chi connectivity index (χ1) is 11.7. The molecule has 0 radical (unpaired) electrons. The Morgan fingerprint density at radius 1 is 1.15 bits per heavy atom. The van der Waals surface area contributed by atoms with Gasteiger partial charge >= 0.3 is 0 Å².